The number of fused-ring (bicyclic) bond motifs is 4. The van der Waals surface area contributed by atoms with Crippen molar-refractivity contribution in [3.05, 3.63) is 36.4 Å². The van der Waals surface area contributed by atoms with E-state index in [0.717, 1.165) is 55.9 Å². The lowest BCUT2D eigenvalue weighted by Crippen LogP contribution is -2.64. The van der Waals surface area contributed by atoms with Crippen LogP contribution in [0, 0.1) is 17.8 Å². The summed E-state index contributed by atoms with van der Waals surface area (Å²) in [6.45, 7) is 7.46. The maximum absolute atomic E-state index is 12.9. The van der Waals surface area contributed by atoms with E-state index in [0.29, 0.717) is 35.7 Å². The zero-order valence-corrected chi connectivity index (χ0v) is 18.7. The molecule has 3 fully saturated rings. The van der Waals surface area contributed by atoms with Gasteiger partial charge in [-0.25, -0.2) is 0 Å². The highest BCUT2D eigenvalue weighted by molar-refractivity contribution is 5.78. The van der Waals surface area contributed by atoms with Gasteiger partial charge in [0.2, 0.25) is 5.91 Å². The summed E-state index contributed by atoms with van der Waals surface area (Å²) >= 11 is 0. The van der Waals surface area contributed by atoms with Crippen LogP contribution in [0.4, 0.5) is 0 Å². The van der Waals surface area contributed by atoms with Gasteiger partial charge in [0, 0.05) is 55.6 Å². The minimum Gasteiger partial charge on any atom is -0.359 e. The number of carbonyl (C=O) groups excluding carboxylic acids is 1. The van der Waals surface area contributed by atoms with Crippen molar-refractivity contribution in [3.8, 4) is 11.3 Å². The lowest BCUT2D eigenvalue weighted by atomic mass is 9.70. The van der Waals surface area contributed by atoms with E-state index in [2.05, 4.69) is 33.8 Å². The van der Waals surface area contributed by atoms with Gasteiger partial charge in [-0.1, -0.05) is 19.0 Å². The number of likely N-dealkylation sites (tertiary alicyclic amines) is 1. The third-order valence-corrected chi connectivity index (χ3v) is 7.51. The van der Waals surface area contributed by atoms with Crippen LogP contribution in [0.5, 0.6) is 0 Å². The number of hydrogen-bond donors (Lipinski definition) is 0. The number of aromatic nitrogens is 2. The first-order valence-electron chi connectivity index (χ1n) is 12.0. The number of rotatable bonds is 6. The maximum atomic E-state index is 12.9. The van der Waals surface area contributed by atoms with Gasteiger partial charge in [0.05, 0.1) is 6.54 Å². The molecule has 0 spiro atoms. The van der Waals surface area contributed by atoms with E-state index in [-0.39, 0.29) is 0 Å². The Morgan fingerprint density at radius 1 is 1.26 bits per heavy atom. The van der Waals surface area contributed by atoms with Crippen molar-refractivity contribution in [2.24, 2.45) is 17.8 Å². The molecule has 6 nitrogen and oxygen atoms in total. The number of amides is 1. The zero-order chi connectivity index (χ0) is 21.4. The van der Waals surface area contributed by atoms with Crippen LogP contribution in [0.15, 0.2) is 35.1 Å². The van der Waals surface area contributed by atoms with Crippen LogP contribution in [0.25, 0.3) is 11.3 Å². The molecule has 0 radical (unpaired) electrons. The predicted molar refractivity (Wildman–Crippen MR) is 119 cm³/mol. The van der Waals surface area contributed by atoms with Crippen molar-refractivity contribution in [2.75, 3.05) is 13.1 Å². The molecule has 0 aromatic carbocycles. The Labute approximate surface area is 185 Å². The van der Waals surface area contributed by atoms with Crippen LogP contribution in [-0.4, -0.2) is 51.0 Å². The molecule has 0 unspecified atom stereocenters. The van der Waals surface area contributed by atoms with Crippen LogP contribution in [0.3, 0.4) is 0 Å². The van der Waals surface area contributed by atoms with Crippen molar-refractivity contribution in [2.45, 2.75) is 71.0 Å². The molecule has 3 saturated heterocycles. The molecule has 5 heterocycles. The molecule has 1 amide bonds. The third kappa shape index (κ3) is 4.27. The summed E-state index contributed by atoms with van der Waals surface area (Å²) < 4.78 is 5.69. The highest BCUT2D eigenvalue weighted by Gasteiger charge is 2.49. The molecule has 166 valence electrons. The molecular weight excluding hydrogens is 388 g/mol. The van der Waals surface area contributed by atoms with Crippen molar-refractivity contribution >= 4 is 5.91 Å². The Morgan fingerprint density at radius 3 is 2.94 bits per heavy atom. The largest absolute Gasteiger partial charge is 0.359 e. The van der Waals surface area contributed by atoms with Gasteiger partial charge < -0.3 is 9.42 Å². The van der Waals surface area contributed by atoms with Crippen LogP contribution >= 0.6 is 0 Å². The molecule has 4 atom stereocenters. The molecule has 0 aliphatic carbocycles. The van der Waals surface area contributed by atoms with Crippen LogP contribution in [-0.2, 0) is 11.3 Å². The van der Waals surface area contributed by atoms with Crippen molar-refractivity contribution < 1.29 is 9.32 Å². The summed E-state index contributed by atoms with van der Waals surface area (Å²) in [6, 6.07) is 6.81. The summed E-state index contributed by atoms with van der Waals surface area (Å²) in [7, 11) is 0. The third-order valence-electron chi connectivity index (χ3n) is 7.51. The predicted octanol–water partition coefficient (Wildman–Crippen LogP) is 4.37. The SMILES string of the molecule is CC(C)CC[C@H]1[C@H]2C[C@H](CN(Cc3cc(-c4cccnc4)no3)C2)[C@@H]2CCCC(=O)N21. The van der Waals surface area contributed by atoms with Gasteiger partial charge in [0.1, 0.15) is 5.69 Å². The van der Waals surface area contributed by atoms with Crippen LogP contribution in [0.1, 0.15) is 58.1 Å². The van der Waals surface area contributed by atoms with E-state index in [9.17, 15) is 4.79 Å². The van der Waals surface area contributed by atoms with E-state index in [1.54, 1.807) is 6.20 Å². The molecule has 6 heteroatoms. The summed E-state index contributed by atoms with van der Waals surface area (Å²) in [5.41, 5.74) is 1.83. The summed E-state index contributed by atoms with van der Waals surface area (Å²) in [5, 5.41) is 4.27. The topological polar surface area (TPSA) is 62.5 Å². The molecule has 0 N–H and O–H groups in total. The number of nitrogens with zero attached hydrogens (tertiary/aromatic N) is 4. The van der Waals surface area contributed by atoms with E-state index >= 15 is 0 Å². The first kappa shape index (κ1) is 20.7. The first-order valence-corrected chi connectivity index (χ1v) is 12.0. The van der Waals surface area contributed by atoms with Crippen molar-refractivity contribution in [3.63, 3.8) is 0 Å². The Hall–Kier alpha value is -2.21. The van der Waals surface area contributed by atoms with E-state index in [1.165, 1.54) is 19.3 Å². The van der Waals surface area contributed by atoms with Crippen LogP contribution < -0.4 is 0 Å². The Kier molecular flexibility index (Phi) is 5.83. The molecule has 2 bridgehead atoms. The molecule has 2 aromatic rings. The molecule has 5 rings (SSSR count). The standard InChI is InChI=1S/C25H34N4O2/c1-17(2)8-9-24-20-11-19(23-6-3-7-25(30)29(23)24)14-28(15-20)16-21-12-22(27-31-21)18-5-4-10-26-13-18/h4-5,10,12-13,17,19-20,23-24H,3,6-9,11,14-16H2,1-2H3/t19-,20+,23+,24+/m1/s1. The van der Waals surface area contributed by atoms with Gasteiger partial charge in [-0.15, -0.1) is 0 Å². The minimum absolute atomic E-state index is 0.403. The highest BCUT2D eigenvalue weighted by Crippen LogP contribution is 2.43. The molecule has 2 aromatic heterocycles. The van der Waals surface area contributed by atoms with Gasteiger partial charge in [0.15, 0.2) is 5.76 Å². The smallest absolute Gasteiger partial charge is 0.223 e. The van der Waals surface area contributed by atoms with E-state index in [1.807, 2.05) is 24.4 Å². The quantitative estimate of drug-likeness (QED) is 0.692. The Morgan fingerprint density at radius 2 is 2.13 bits per heavy atom. The Balaban J connectivity index is 1.32. The lowest BCUT2D eigenvalue weighted by Gasteiger charge is -2.57. The summed E-state index contributed by atoms with van der Waals surface area (Å²) in [4.78, 5) is 22.0. The monoisotopic (exact) mass is 422 g/mol. The minimum atomic E-state index is 0.403. The Bertz CT molecular complexity index is 896. The second-order valence-corrected chi connectivity index (χ2v) is 10.2. The highest BCUT2D eigenvalue weighted by atomic mass is 16.5. The summed E-state index contributed by atoms with van der Waals surface area (Å²) in [5.74, 6) is 3.14. The number of hydrogen-bond acceptors (Lipinski definition) is 5. The second kappa shape index (κ2) is 8.73. The van der Waals surface area contributed by atoms with E-state index < -0.39 is 0 Å². The first-order chi connectivity index (χ1) is 15.1. The molecule has 3 aliphatic rings. The van der Waals surface area contributed by atoms with E-state index in [4.69, 9.17) is 4.52 Å². The van der Waals surface area contributed by atoms with Gasteiger partial charge in [-0.3, -0.25) is 14.7 Å². The lowest BCUT2D eigenvalue weighted by molar-refractivity contribution is -0.153. The normalized spacial score (nSPS) is 28.7. The fraction of sp³-hybridized carbons (Fsp3) is 0.640. The second-order valence-electron chi connectivity index (χ2n) is 10.2. The molecule has 3 aliphatic heterocycles. The van der Waals surface area contributed by atoms with Gasteiger partial charge in [0.25, 0.3) is 0 Å². The van der Waals surface area contributed by atoms with Gasteiger partial charge >= 0.3 is 0 Å². The number of carbonyl (C=O) groups is 1. The molecule has 31 heavy (non-hydrogen) atoms. The molecule has 0 saturated carbocycles. The number of pyridine rings is 1. The zero-order valence-electron chi connectivity index (χ0n) is 18.7. The van der Waals surface area contributed by atoms with Gasteiger partial charge in [-0.05, 0) is 62.0 Å². The number of piperidine rings is 3. The summed E-state index contributed by atoms with van der Waals surface area (Å²) in [6.07, 6.45) is 10.2. The average molecular weight is 423 g/mol. The van der Waals surface area contributed by atoms with Crippen LogP contribution in [0.2, 0.25) is 0 Å². The average Bonchev–Trinajstić information content (AvgIpc) is 3.23. The fourth-order valence-corrected chi connectivity index (χ4v) is 6.14. The molecular formula is C25H34N4O2. The fourth-order valence-electron chi connectivity index (χ4n) is 6.14. The van der Waals surface area contributed by atoms with Crippen molar-refractivity contribution in [1.29, 1.82) is 0 Å². The maximum Gasteiger partial charge on any atom is 0.223 e. The van der Waals surface area contributed by atoms with Gasteiger partial charge in [-0.2, -0.15) is 0 Å². The van der Waals surface area contributed by atoms with Crippen molar-refractivity contribution in [1.82, 2.24) is 19.9 Å².